The summed E-state index contributed by atoms with van der Waals surface area (Å²) in [4.78, 5) is 5.31. The van der Waals surface area contributed by atoms with Crippen molar-refractivity contribution in [3.05, 3.63) is 0 Å². The highest BCUT2D eigenvalue weighted by Gasteiger charge is 2.41. The van der Waals surface area contributed by atoms with Gasteiger partial charge in [-0.15, -0.1) is 0 Å². The summed E-state index contributed by atoms with van der Waals surface area (Å²) in [6.07, 6.45) is 4.13. The summed E-state index contributed by atoms with van der Waals surface area (Å²) in [5, 5.41) is 3.61. The van der Waals surface area contributed by atoms with Crippen LogP contribution in [0.2, 0.25) is 0 Å². The average Bonchev–Trinajstić information content (AvgIpc) is 2.37. The molecule has 3 heteroatoms. The third-order valence-electron chi connectivity index (χ3n) is 5.18. The Hall–Kier alpha value is -0.120. The summed E-state index contributed by atoms with van der Waals surface area (Å²) < 4.78 is 0. The maximum Gasteiger partial charge on any atom is 0.0271 e. The molecular weight excluding hydrogens is 222 g/mol. The molecule has 0 bridgehead atoms. The molecule has 1 aliphatic heterocycles. The summed E-state index contributed by atoms with van der Waals surface area (Å²) in [6.45, 7) is 13.4. The van der Waals surface area contributed by atoms with Crippen molar-refractivity contribution in [2.24, 2.45) is 5.41 Å². The molecule has 1 saturated carbocycles. The van der Waals surface area contributed by atoms with Gasteiger partial charge in [-0.2, -0.15) is 0 Å². The molecule has 18 heavy (non-hydrogen) atoms. The third kappa shape index (κ3) is 2.89. The van der Waals surface area contributed by atoms with E-state index >= 15 is 0 Å². The fourth-order valence-electron chi connectivity index (χ4n) is 4.00. The van der Waals surface area contributed by atoms with Gasteiger partial charge in [-0.3, -0.25) is 4.90 Å². The monoisotopic (exact) mass is 253 g/mol. The van der Waals surface area contributed by atoms with E-state index in [9.17, 15) is 0 Å². The van der Waals surface area contributed by atoms with E-state index in [0.717, 1.165) is 6.04 Å². The van der Waals surface area contributed by atoms with Crippen molar-refractivity contribution in [2.45, 2.75) is 52.1 Å². The lowest BCUT2D eigenvalue weighted by atomic mass is 9.70. The van der Waals surface area contributed by atoms with Crippen molar-refractivity contribution in [1.82, 2.24) is 15.1 Å². The molecule has 106 valence electrons. The number of hydrogen-bond acceptors (Lipinski definition) is 3. The Kier molecular flexibility index (Phi) is 4.68. The molecule has 0 radical (unpaired) electrons. The van der Waals surface area contributed by atoms with Crippen molar-refractivity contribution in [2.75, 3.05) is 39.8 Å². The van der Waals surface area contributed by atoms with Crippen LogP contribution in [0, 0.1) is 5.41 Å². The van der Waals surface area contributed by atoms with Crippen LogP contribution in [0.3, 0.4) is 0 Å². The van der Waals surface area contributed by atoms with Gasteiger partial charge >= 0.3 is 0 Å². The van der Waals surface area contributed by atoms with E-state index in [4.69, 9.17) is 0 Å². The largest absolute Gasteiger partial charge is 0.315 e. The molecule has 2 fully saturated rings. The molecule has 0 aromatic carbocycles. The molecule has 0 aromatic heterocycles. The Morgan fingerprint density at radius 2 is 1.83 bits per heavy atom. The topological polar surface area (TPSA) is 18.5 Å². The van der Waals surface area contributed by atoms with Gasteiger partial charge in [0, 0.05) is 38.3 Å². The van der Waals surface area contributed by atoms with Gasteiger partial charge in [0.2, 0.25) is 0 Å². The van der Waals surface area contributed by atoms with Crippen LogP contribution in [-0.4, -0.2) is 61.7 Å². The highest BCUT2D eigenvalue weighted by Crippen LogP contribution is 2.37. The van der Waals surface area contributed by atoms with Crippen LogP contribution in [0.5, 0.6) is 0 Å². The van der Waals surface area contributed by atoms with Crippen molar-refractivity contribution in [3.8, 4) is 0 Å². The first-order valence-corrected chi connectivity index (χ1v) is 7.72. The van der Waals surface area contributed by atoms with E-state index in [2.05, 4.69) is 42.9 Å². The number of nitrogens with zero attached hydrogens (tertiary/aromatic N) is 2. The summed E-state index contributed by atoms with van der Waals surface area (Å²) in [6, 6.07) is 1.40. The van der Waals surface area contributed by atoms with Crippen molar-refractivity contribution >= 4 is 0 Å². The lowest BCUT2D eigenvalue weighted by Gasteiger charge is -2.50. The molecule has 3 nitrogen and oxygen atoms in total. The van der Waals surface area contributed by atoms with Crippen LogP contribution < -0.4 is 5.32 Å². The number of rotatable bonds is 3. The molecule has 1 heterocycles. The van der Waals surface area contributed by atoms with Crippen LogP contribution in [0.4, 0.5) is 0 Å². The maximum atomic E-state index is 3.61. The van der Waals surface area contributed by atoms with Gasteiger partial charge in [0.05, 0.1) is 0 Å². The SMILES string of the molecule is CCN1CCN(C2CCCC(C)(C)C2NC)CC1. The zero-order valence-electron chi connectivity index (χ0n) is 12.7. The smallest absolute Gasteiger partial charge is 0.0271 e. The Morgan fingerprint density at radius 3 is 2.39 bits per heavy atom. The van der Waals surface area contributed by atoms with Crippen molar-refractivity contribution in [1.29, 1.82) is 0 Å². The van der Waals surface area contributed by atoms with E-state index in [-0.39, 0.29) is 0 Å². The zero-order valence-corrected chi connectivity index (χ0v) is 12.7. The molecule has 1 aliphatic carbocycles. The molecule has 2 atom stereocenters. The van der Waals surface area contributed by atoms with Crippen LogP contribution >= 0.6 is 0 Å². The highest BCUT2D eigenvalue weighted by atomic mass is 15.3. The number of piperazine rings is 1. The lowest BCUT2D eigenvalue weighted by Crippen LogP contribution is -2.61. The zero-order chi connectivity index (χ0) is 13.2. The van der Waals surface area contributed by atoms with Crippen LogP contribution in [0.25, 0.3) is 0 Å². The molecular formula is C15H31N3. The normalized spacial score (nSPS) is 34.7. The summed E-state index contributed by atoms with van der Waals surface area (Å²) in [5.74, 6) is 0. The van der Waals surface area contributed by atoms with Gasteiger partial charge in [-0.1, -0.05) is 27.2 Å². The predicted molar refractivity (Wildman–Crippen MR) is 78.0 cm³/mol. The fourth-order valence-corrected chi connectivity index (χ4v) is 4.00. The molecule has 1 N–H and O–H groups in total. The molecule has 0 aromatic rings. The number of likely N-dealkylation sites (N-methyl/N-ethyl adjacent to an activating group) is 2. The standard InChI is InChI=1S/C15H31N3/c1-5-17-9-11-18(12-10-17)13-7-6-8-15(2,3)14(13)16-4/h13-14,16H,5-12H2,1-4H3. The molecule has 0 amide bonds. The van der Waals surface area contributed by atoms with E-state index < -0.39 is 0 Å². The second kappa shape index (κ2) is 5.89. The van der Waals surface area contributed by atoms with E-state index in [1.165, 1.54) is 52.0 Å². The van der Waals surface area contributed by atoms with Crippen molar-refractivity contribution < 1.29 is 0 Å². The Morgan fingerprint density at radius 1 is 1.17 bits per heavy atom. The van der Waals surface area contributed by atoms with Gasteiger partial charge in [0.25, 0.3) is 0 Å². The van der Waals surface area contributed by atoms with Gasteiger partial charge < -0.3 is 10.2 Å². The Balaban J connectivity index is 1.99. The maximum absolute atomic E-state index is 3.61. The molecule has 2 unspecified atom stereocenters. The quantitative estimate of drug-likeness (QED) is 0.827. The first kappa shape index (κ1) is 14.3. The van der Waals surface area contributed by atoms with Gasteiger partial charge in [0.1, 0.15) is 0 Å². The number of nitrogens with one attached hydrogen (secondary N) is 1. The summed E-state index contributed by atoms with van der Waals surface area (Å²) in [7, 11) is 2.15. The minimum Gasteiger partial charge on any atom is -0.315 e. The van der Waals surface area contributed by atoms with Crippen molar-refractivity contribution in [3.63, 3.8) is 0 Å². The summed E-state index contributed by atoms with van der Waals surface area (Å²) in [5.41, 5.74) is 0.444. The Bertz CT molecular complexity index is 256. The van der Waals surface area contributed by atoms with E-state index in [1.54, 1.807) is 0 Å². The predicted octanol–water partition coefficient (Wildman–Crippen LogP) is 1.79. The van der Waals surface area contributed by atoms with Crippen LogP contribution in [0.1, 0.15) is 40.0 Å². The molecule has 1 saturated heterocycles. The van der Waals surface area contributed by atoms with Crippen LogP contribution in [-0.2, 0) is 0 Å². The molecule has 2 aliphatic rings. The first-order chi connectivity index (χ1) is 8.58. The van der Waals surface area contributed by atoms with E-state index in [0.29, 0.717) is 11.5 Å². The third-order valence-corrected chi connectivity index (χ3v) is 5.18. The minimum absolute atomic E-state index is 0.444. The number of hydrogen-bond donors (Lipinski definition) is 1. The fraction of sp³-hybridized carbons (Fsp3) is 1.00. The highest BCUT2D eigenvalue weighted by molar-refractivity contribution is 4.98. The van der Waals surface area contributed by atoms with Gasteiger partial charge in [-0.05, 0) is 31.8 Å². The average molecular weight is 253 g/mol. The second-order valence-electron chi connectivity index (χ2n) is 6.68. The van der Waals surface area contributed by atoms with Gasteiger partial charge in [-0.25, -0.2) is 0 Å². The minimum atomic E-state index is 0.444. The van der Waals surface area contributed by atoms with Crippen LogP contribution in [0.15, 0.2) is 0 Å². The van der Waals surface area contributed by atoms with Gasteiger partial charge in [0.15, 0.2) is 0 Å². The van der Waals surface area contributed by atoms with E-state index in [1.807, 2.05) is 0 Å². The molecule has 0 spiro atoms. The Labute approximate surface area is 113 Å². The second-order valence-corrected chi connectivity index (χ2v) is 6.68. The first-order valence-electron chi connectivity index (χ1n) is 7.72. The lowest BCUT2D eigenvalue weighted by molar-refractivity contribution is 0.0220. The molecule has 2 rings (SSSR count). The summed E-state index contributed by atoms with van der Waals surface area (Å²) >= 11 is 0.